The van der Waals surface area contributed by atoms with Gasteiger partial charge in [0.2, 0.25) is 0 Å². The first-order chi connectivity index (χ1) is 10.0. The molecule has 0 aliphatic rings. The number of hydrogen-bond acceptors (Lipinski definition) is 3. The zero-order valence-electron chi connectivity index (χ0n) is 12.9. The van der Waals surface area contributed by atoms with Gasteiger partial charge in [0.15, 0.2) is 0 Å². The molecule has 0 saturated heterocycles. The Morgan fingerprint density at radius 1 is 1.38 bits per heavy atom. The molecule has 1 aromatic carbocycles. The Balaban J connectivity index is 2.00. The summed E-state index contributed by atoms with van der Waals surface area (Å²) in [7, 11) is 1.92. The number of aryl methyl sites for hydroxylation is 4. The summed E-state index contributed by atoms with van der Waals surface area (Å²) in [4.78, 5) is 0. The van der Waals surface area contributed by atoms with Crippen molar-refractivity contribution in [2.24, 2.45) is 12.9 Å². The molecule has 5 heteroatoms. The lowest BCUT2D eigenvalue weighted by Crippen LogP contribution is -2.37. The van der Waals surface area contributed by atoms with Crippen molar-refractivity contribution < 1.29 is 0 Å². The summed E-state index contributed by atoms with van der Waals surface area (Å²) < 4.78 is 1.84. The summed E-state index contributed by atoms with van der Waals surface area (Å²) in [5, 5.41) is 5.09. The average molecular weight is 307 g/mol. The maximum Gasteiger partial charge on any atom is 0.0847 e. The smallest absolute Gasteiger partial charge is 0.0847 e. The van der Waals surface area contributed by atoms with Crippen molar-refractivity contribution in [2.45, 2.75) is 39.2 Å². The Bertz CT molecular complexity index is 606. The number of nitrogens with two attached hydrogens (primary N) is 1. The zero-order valence-corrected chi connectivity index (χ0v) is 13.6. The summed E-state index contributed by atoms with van der Waals surface area (Å²) in [6.07, 6.45) is 2.73. The number of hydrogen-bond donors (Lipinski definition) is 2. The molecule has 1 atom stereocenters. The van der Waals surface area contributed by atoms with Gasteiger partial charge in [0.25, 0.3) is 0 Å². The fraction of sp³-hybridized carbons (Fsp3) is 0.438. The molecule has 0 bridgehead atoms. The zero-order chi connectivity index (χ0) is 15.4. The van der Waals surface area contributed by atoms with Crippen LogP contribution in [0, 0.1) is 13.8 Å². The number of nitrogens with zero attached hydrogens (tertiary/aromatic N) is 2. The van der Waals surface area contributed by atoms with Crippen LogP contribution in [0.5, 0.6) is 0 Å². The summed E-state index contributed by atoms with van der Waals surface area (Å²) in [6, 6.07) is 8.76. The maximum absolute atomic E-state index is 6.30. The number of benzene rings is 1. The first-order valence-corrected chi connectivity index (χ1v) is 7.58. The summed E-state index contributed by atoms with van der Waals surface area (Å²) in [6.45, 7) is 4.03. The van der Waals surface area contributed by atoms with Gasteiger partial charge in [0.05, 0.1) is 16.4 Å². The number of aromatic nitrogens is 2. The highest BCUT2D eigenvalue weighted by Crippen LogP contribution is 2.21. The lowest BCUT2D eigenvalue weighted by Gasteiger charge is -2.16. The molecule has 1 aromatic heterocycles. The molecule has 2 rings (SSSR count). The van der Waals surface area contributed by atoms with Gasteiger partial charge in [-0.15, -0.1) is 0 Å². The Hall–Kier alpha value is -1.36. The van der Waals surface area contributed by atoms with Crippen LogP contribution >= 0.6 is 11.6 Å². The lowest BCUT2D eigenvalue weighted by atomic mass is 10.0. The monoisotopic (exact) mass is 306 g/mol. The van der Waals surface area contributed by atoms with Crippen LogP contribution in [0.25, 0.3) is 0 Å². The third kappa shape index (κ3) is 4.06. The molecule has 1 unspecified atom stereocenters. The number of nitrogens with one attached hydrogen (secondary N) is 1. The van der Waals surface area contributed by atoms with Gasteiger partial charge in [-0.25, -0.2) is 0 Å². The van der Waals surface area contributed by atoms with E-state index in [0.717, 1.165) is 35.7 Å². The van der Waals surface area contributed by atoms with Crippen LogP contribution < -0.4 is 11.3 Å². The maximum atomic E-state index is 6.30. The van der Waals surface area contributed by atoms with Gasteiger partial charge >= 0.3 is 0 Å². The van der Waals surface area contributed by atoms with Gasteiger partial charge in [-0.2, -0.15) is 5.10 Å². The molecule has 0 saturated carbocycles. The molecule has 0 aliphatic heterocycles. The van der Waals surface area contributed by atoms with Crippen LogP contribution in [0.2, 0.25) is 5.02 Å². The predicted octanol–water partition coefficient (Wildman–Crippen LogP) is 2.70. The van der Waals surface area contributed by atoms with E-state index >= 15 is 0 Å². The second-order valence-electron chi connectivity index (χ2n) is 5.57. The molecule has 0 radical (unpaired) electrons. The number of halogens is 1. The second-order valence-corrected chi connectivity index (χ2v) is 5.94. The van der Waals surface area contributed by atoms with Gasteiger partial charge in [0.1, 0.15) is 0 Å². The van der Waals surface area contributed by atoms with Crippen LogP contribution in [0.15, 0.2) is 24.3 Å². The van der Waals surface area contributed by atoms with Crippen molar-refractivity contribution in [3.8, 4) is 0 Å². The van der Waals surface area contributed by atoms with Crippen molar-refractivity contribution in [1.82, 2.24) is 15.2 Å². The SMILES string of the molecule is Cc1cccc(CCC(Cc2c(Cl)c(C)nn2C)NN)c1. The quantitative estimate of drug-likeness (QED) is 0.637. The van der Waals surface area contributed by atoms with Crippen LogP contribution in [-0.4, -0.2) is 15.8 Å². The molecule has 1 heterocycles. The first-order valence-electron chi connectivity index (χ1n) is 7.21. The highest BCUT2D eigenvalue weighted by atomic mass is 35.5. The highest BCUT2D eigenvalue weighted by molar-refractivity contribution is 6.31. The van der Waals surface area contributed by atoms with Crippen LogP contribution in [-0.2, 0) is 19.9 Å². The third-order valence-corrected chi connectivity index (χ3v) is 4.29. The van der Waals surface area contributed by atoms with Crippen molar-refractivity contribution in [3.63, 3.8) is 0 Å². The Labute approximate surface area is 131 Å². The molecular weight excluding hydrogens is 284 g/mol. The topological polar surface area (TPSA) is 55.9 Å². The second kappa shape index (κ2) is 7.07. The minimum Gasteiger partial charge on any atom is -0.271 e. The molecule has 4 nitrogen and oxygen atoms in total. The number of hydrazine groups is 1. The van der Waals surface area contributed by atoms with E-state index in [1.54, 1.807) is 0 Å². The molecule has 2 aromatic rings. The van der Waals surface area contributed by atoms with E-state index in [0.29, 0.717) is 0 Å². The van der Waals surface area contributed by atoms with E-state index in [1.807, 2.05) is 18.7 Å². The van der Waals surface area contributed by atoms with E-state index in [1.165, 1.54) is 11.1 Å². The summed E-state index contributed by atoms with van der Waals surface area (Å²) in [5.41, 5.74) is 7.42. The van der Waals surface area contributed by atoms with Gasteiger partial charge in [0, 0.05) is 19.5 Å². The van der Waals surface area contributed by atoms with Crippen LogP contribution in [0.3, 0.4) is 0 Å². The Morgan fingerprint density at radius 2 is 2.14 bits per heavy atom. The summed E-state index contributed by atoms with van der Waals surface area (Å²) in [5.74, 6) is 5.70. The fourth-order valence-electron chi connectivity index (χ4n) is 2.59. The van der Waals surface area contributed by atoms with Crippen molar-refractivity contribution in [3.05, 3.63) is 51.8 Å². The van der Waals surface area contributed by atoms with Crippen LogP contribution in [0.1, 0.15) is 28.9 Å². The van der Waals surface area contributed by atoms with Crippen LogP contribution in [0.4, 0.5) is 0 Å². The minimum atomic E-state index is 0.179. The number of rotatable bonds is 6. The van der Waals surface area contributed by atoms with E-state index in [2.05, 4.69) is 41.7 Å². The van der Waals surface area contributed by atoms with Crippen molar-refractivity contribution in [2.75, 3.05) is 0 Å². The average Bonchev–Trinajstić information content (AvgIpc) is 2.69. The van der Waals surface area contributed by atoms with Crippen molar-refractivity contribution >= 4 is 11.6 Å². The molecule has 3 N–H and O–H groups in total. The standard InChI is InChI=1S/C16H23ClN4/c1-11-5-4-6-13(9-11)7-8-14(19-18)10-15-16(17)12(2)20-21(15)3/h4-6,9,14,19H,7-8,10,18H2,1-3H3. The molecule has 0 aliphatic carbocycles. The highest BCUT2D eigenvalue weighted by Gasteiger charge is 2.16. The third-order valence-electron chi connectivity index (χ3n) is 3.80. The van der Waals surface area contributed by atoms with E-state index in [-0.39, 0.29) is 6.04 Å². The van der Waals surface area contributed by atoms with Gasteiger partial charge < -0.3 is 0 Å². The van der Waals surface area contributed by atoms with E-state index < -0.39 is 0 Å². The first kappa shape index (κ1) is 16.0. The lowest BCUT2D eigenvalue weighted by molar-refractivity contribution is 0.477. The van der Waals surface area contributed by atoms with Crippen molar-refractivity contribution in [1.29, 1.82) is 0 Å². The largest absolute Gasteiger partial charge is 0.271 e. The Kier molecular flexibility index (Phi) is 5.39. The molecular formula is C16H23ClN4. The minimum absolute atomic E-state index is 0.179. The predicted molar refractivity (Wildman–Crippen MR) is 87.3 cm³/mol. The molecule has 114 valence electrons. The van der Waals surface area contributed by atoms with Gasteiger partial charge in [-0.05, 0) is 32.3 Å². The summed E-state index contributed by atoms with van der Waals surface area (Å²) >= 11 is 6.30. The molecule has 0 spiro atoms. The fourth-order valence-corrected chi connectivity index (χ4v) is 2.83. The van der Waals surface area contributed by atoms with E-state index in [4.69, 9.17) is 17.4 Å². The molecule has 0 amide bonds. The molecule has 21 heavy (non-hydrogen) atoms. The van der Waals surface area contributed by atoms with Gasteiger partial charge in [-0.3, -0.25) is 16.0 Å². The normalized spacial score (nSPS) is 12.6. The Morgan fingerprint density at radius 3 is 2.71 bits per heavy atom. The van der Waals surface area contributed by atoms with Gasteiger partial charge in [-0.1, -0.05) is 41.4 Å². The molecule has 0 fully saturated rings. The van der Waals surface area contributed by atoms with E-state index in [9.17, 15) is 0 Å².